The van der Waals surface area contributed by atoms with Gasteiger partial charge < -0.3 is 9.47 Å². The Balaban J connectivity index is 1.92. The molecule has 3 heteroatoms. The minimum absolute atomic E-state index is 0.480. The van der Waals surface area contributed by atoms with Gasteiger partial charge >= 0.3 is 6.16 Å². The van der Waals surface area contributed by atoms with Crippen LogP contribution in [0.5, 0.6) is 5.75 Å². The molecular formula is C17H18O3. The first-order valence-corrected chi connectivity index (χ1v) is 6.55. The molecule has 0 spiro atoms. The molecule has 2 aromatic carbocycles. The molecule has 0 fully saturated rings. The lowest BCUT2D eigenvalue weighted by Gasteiger charge is -2.24. The van der Waals surface area contributed by atoms with E-state index in [2.05, 4.69) is 0 Å². The van der Waals surface area contributed by atoms with Crippen molar-refractivity contribution in [3.63, 3.8) is 0 Å². The first-order chi connectivity index (χ1) is 9.55. The Labute approximate surface area is 119 Å². The fraction of sp³-hybridized carbons (Fsp3) is 0.235. The molecule has 0 bridgehead atoms. The van der Waals surface area contributed by atoms with Crippen molar-refractivity contribution in [1.82, 2.24) is 0 Å². The third kappa shape index (κ3) is 4.43. The molecule has 0 aliphatic carbocycles. The molecule has 0 saturated carbocycles. The van der Waals surface area contributed by atoms with E-state index in [1.54, 1.807) is 24.3 Å². The van der Waals surface area contributed by atoms with Crippen LogP contribution in [0.25, 0.3) is 0 Å². The summed E-state index contributed by atoms with van der Waals surface area (Å²) in [6.07, 6.45) is -0.0466. The second kappa shape index (κ2) is 6.24. The van der Waals surface area contributed by atoms with Crippen molar-refractivity contribution >= 4 is 6.16 Å². The Kier molecular flexibility index (Phi) is 4.41. The fourth-order valence-corrected chi connectivity index (χ4v) is 1.95. The number of benzene rings is 2. The van der Waals surface area contributed by atoms with E-state index in [-0.39, 0.29) is 0 Å². The van der Waals surface area contributed by atoms with Crippen LogP contribution in [-0.4, -0.2) is 11.8 Å². The lowest BCUT2D eigenvalue weighted by molar-refractivity contribution is 0.00956. The molecule has 0 aliphatic heterocycles. The Morgan fingerprint density at radius 2 is 1.50 bits per heavy atom. The van der Waals surface area contributed by atoms with Crippen molar-refractivity contribution < 1.29 is 14.3 Å². The van der Waals surface area contributed by atoms with Crippen molar-refractivity contribution in [3.8, 4) is 5.75 Å². The molecule has 0 aromatic heterocycles. The molecular weight excluding hydrogens is 252 g/mol. The summed E-state index contributed by atoms with van der Waals surface area (Å²) >= 11 is 0. The number of hydrogen-bond donors (Lipinski definition) is 0. The summed E-state index contributed by atoms with van der Waals surface area (Å²) in [5.41, 5.74) is 0.498. The molecule has 20 heavy (non-hydrogen) atoms. The van der Waals surface area contributed by atoms with Gasteiger partial charge in [-0.05, 0) is 31.5 Å². The zero-order valence-corrected chi connectivity index (χ0v) is 11.7. The van der Waals surface area contributed by atoms with Crippen LogP contribution in [0, 0.1) is 0 Å². The van der Waals surface area contributed by atoms with E-state index >= 15 is 0 Å². The Morgan fingerprint density at radius 3 is 2.10 bits per heavy atom. The summed E-state index contributed by atoms with van der Waals surface area (Å²) in [6, 6.07) is 18.8. The number of rotatable bonds is 4. The number of carbonyl (C=O) groups is 1. The third-order valence-corrected chi connectivity index (χ3v) is 2.78. The van der Waals surface area contributed by atoms with Gasteiger partial charge in [-0.2, -0.15) is 0 Å². The summed E-state index contributed by atoms with van der Waals surface area (Å²) in [7, 11) is 0. The fourth-order valence-electron chi connectivity index (χ4n) is 1.95. The van der Waals surface area contributed by atoms with E-state index in [9.17, 15) is 4.79 Å². The third-order valence-electron chi connectivity index (χ3n) is 2.78. The van der Waals surface area contributed by atoms with Gasteiger partial charge in [0.05, 0.1) is 0 Å². The Morgan fingerprint density at radius 1 is 0.950 bits per heavy atom. The molecule has 0 atom stereocenters. The van der Waals surface area contributed by atoms with Crippen molar-refractivity contribution in [2.75, 3.05) is 0 Å². The van der Waals surface area contributed by atoms with Crippen LogP contribution in [0.4, 0.5) is 4.79 Å². The monoisotopic (exact) mass is 270 g/mol. The van der Waals surface area contributed by atoms with E-state index in [1.165, 1.54) is 0 Å². The highest BCUT2D eigenvalue weighted by Crippen LogP contribution is 2.19. The van der Waals surface area contributed by atoms with Crippen molar-refractivity contribution in [2.45, 2.75) is 25.9 Å². The Hall–Kier alpha value is -2.29. The second-order valence-electron chi connectivity index (χ2n) is 5.19. The van der Waals surface area contributed by atoms with E-state index in [1.807, 2.05) is 50.2 Å². The quantitative estimate of drug-likeness (QED) is 0.616. The van der Waals surface area contributed by atoms with Gasteiger partial charge in [-0.25, -0.2) is 4.79 Å². The predicted molar refractivity (Wildman–Crippen MR) is 77.8 cm³/mol. The summed E-state index contributed by atoms with van der Waals surface area (Å²) in [5.74, 6) is 0.480. The highest BCUT2D eigenvalue weighted by Gasteiger charge is 2.24. The van der Waals surface area contributed by atoms with Crippen LogP contribution in [0.2, 0.25) is 0 Å². The second-order valence-corrected chi connectivity index (χ2v) is 5.19. The predicted octanol–water partition coefficient (Wildman–Crippen LogP) is 4.22. The minimum atomic E-state index is -0.683. The van der Waals surface area contributed by atoms with E-state index < -0.39 is 11.8 Å². The molecule has 0 N–H and O–H groups in total. The largest absolute Gasteiger partial charge is 0.514 e. The molecule has 0 unspecified atom stereocenters. The summed E-state index contributed by atoms with van der Waals surface area (Å²) < 4.78 is 10.5. The number of ether oxygens (including phenoxy) is 2. The topological polar surface area (TPSA) is 35.5 Å². The summed E-state index contributed by atoms with van der Waals surface area (Å²) in [4.78, 5) is 11.8. The highest BCUT2D eigenvalue weighted by atomic mass is 16.7. The van der Waals surface area contributed by atoms with Gasteiger partial charge in [-0.1, -0.05) is 48.5 Å². The van der Waals surface area contributed by atoms with E-state index in [4.69, 9.17) is 9.47 Å². The molecule has 0 radical (unpaired) electrons. The van der Waals surface area contributed by atoms with Gasteiger partial charge in [0.1, 0.15) is 11.4 Å². The van der Waals surface area contributed by atoms with Gasteiger partial charge in [0, 0.05) is 6.42 Å². The first kappa shape index (κ1) is 14.1. The SMILES string of the molecule is CC(C)(Cc1ccccc1)OC(=O)Oc1ccccc1. The number of carbonyl (C=O) groups excluding carboxylic acids is 1. The first-order valence-electron chi connectivity index (χ1n) is 6.55. The Bertz CT molecular complexity index is 547. The lowest BCUT2D eigenvalue weighted by Crippen LogP contribution is -2.32. The maximum Gasteiger partial charge on any atom is 0.514 e. The zero-order chi connectivity index (χ0) is 14.4. The standard InChI is InChI=1S/C17H18O3/c1-17(2,13-14-9-5-3-6-10-14)20-16(18)19-15-11-7-4-8-12-15/h3-12H,13H2,1-2H3. The van der Waals surface area contributed by atoms with E-state index in [0.29, 0.717) is 12.2 Å². The van der Waals surface area contributed by atoms with Crippen molar-refractivity contribution in [3.05, 3.63) is 66.2 Å². The van der Waals surface area contributed by atoms with Crippen LogP contribution < -0.4 is 4.74 Å². The van der Waals surface area contributed by atoms with Crippen LogP contribution in [0.1, 0.15) is 19.4 Å². The summed E-state index contributed by atoms with van der Waals surface area (Å²) in [5, 5.41) is 0. The maximum absolute atomic E-state index is 11.8. The molecule has 0 amide bonds. The normalized spacial score (nSPS) is 10.9. The molecule has 2 aromatic rings. The number of para-hydroxylation sites is 1. The van der Waals surface area contributed by atoms with Gasteiger partial charge in [-0.3, -0.25) is 0 Å². The van der Waals surface area contributed by atoms with Crippen LogP contribution in [0.3, 0.4) is 0 Å². The molecule has 2 rings (SSSR count). The molecule has 0 saturated heterocycles. The zero-order valence-electron chi connectivity index (χ0n) is 11.7. The van der Waals surface area contributed by atoms with E-state index in [0.717, 1.165) is 5.56 Å². The van der Waals surface area contributed by atoms with Gasteiger partial charge in [0.2, 0.25) is 0 Å². The van der Waals surface area contributed by atoms with Gasteiger partial charge in [-0.15, -0.1) is 0 Å². The molecule has 104 valence electrons. The van der Waals surface area contributed by atoms with Crippen LogP contribution >= 0.6 is 0 Å². The average Bonchev–Trinajstić information content (AvgIpc) is 2.39. The molecule has 0 heterocycles. The lowest BCUT2D eigenvalue weighted by atomic mass is 9.98. The van der Waals surface area contributed by atoms with Crippen molar-refractivity contribution in [2.24, 2.45) is 0 Å². The average molecular weight is 270 g/mol. The van der Waals surface area contributed by atoms with Gasteiger partial charge in [0.25, 0.3) is 0 Å². The van der Waals surface area contributed by atoms with Crippen molar-refractivity contribution in [1.29, 1.82) is 0 Å². The highest BCUT2D eigenvalue weighted by molar-refractivity contribution is 5.64. The minimum Gasteiger partial charge on any atom is -0.428 e. The van der Waals surface area contributed by atoms with Crippen LogP contribution in [0.15, 0.2) is 60.7 Å². The maximum atomic E-state index is 11.8. The summed E-state index contributed by atoms with van der Waals surface area (Å²) in [6.45, 7) is 3.73. The molecule has 0 aliphatic rings. The van der Waals surface area contributed by atoms with Gasteiger partial charge in [0.15, 0.2) is 0 Å². The molecule has 3 nitrogen and oxygen atoms in total. The van der Waals surface area contributed by atoms with Crippen LogP contribution in [-0.2, 0) is 11.2 Å². The number of hydrogen-bond acceptors (Lipinski definition) is 3. The smallest absolute Gasteiger partial charge is 0.428 e.